The van der Waals surface area contributed by atoms with Gasteiger partial charge in [-0.05, 0) is 58.8 Å². The van der Waals surface area contributed by atoms with Crippen molar-refractivity contribution >= 4 is 28.1 Å². The number of anilines is 2. The van der Waals surface area contributed by atoms with Crippen LogP contribution < -0.4 is 10.2 Å². The van der Waals surface area contributed by atoms with Crippen LogP contribution in [0.15, 0.2) is 91.0 Å². The molecule has 0 bridgehead atoms. The summed E-state index contributed by atoms with van der Waals surface area (Å²) in [6, 6.07) is 28.5. The minimum Gasteiger partial charge on any atom is -0.369 e. The van der Waals surface area contributed by atoms with E-state index in [4.69, 9.17) is 0 Å². The Balaban J connectivity index is 1.19. The highest BCUT2D eigenvalue weighted by molar-refractivity contribution is 6.12. The number of nitrogens with one attached hydrogen (secondary N) is 1. The van der Waals surface area contributed by atoms with E-state index < -0.39 is 0 Å². The summed E-state index contributed by atoms with van der Waals surface area (Å²) in [6.07, 6.45) is 0. The zero-order chi connectivity index (χ0) is 22.6. The Bertz CT molecular complexity index is 1240. The highest BCUT2D eigenvalue weighted by Gasteiger charge is 2.18. The van der Waals surface area contributed by atoms with Crippen molar-refractivity contribution < 1.29 is 9.18 Å². The number of nitrogens with zero attached hydrogens (tertiary/aromatic N) is 2. The molecule has 33 heavy (non-hydrogen) atoms. The summed E-state index contributed by atoms with van der Waals surface area (Å²) < 4.78 is 13.1. The van der Waals surface area contributed by atoms with E-state index in [0.29, 0.717) is 5.56 Å². The SMILES string of the molecule is O=C(Nc1ccc(N2CCN(Cc3ccc(F)cc3)CC2)cc1)c1cccc2ccccc12. The van der Waals surface area contributed by atoms with Crippen LogP contribution in [0.1, 0.15) is 15.9 Å². The maximum Gasteiger partial charge on any atom is 0.256 e. The number of benzene rings is 4. The van der Waals surface area contributed by atoms with Crippen molar-refractivity contribution in [3.8, 4) is 0 Å². The van der Waals surface area contributed by atoms with Crippen LogP contribution in [0.5, 0.6) is 0 Å². The molecule has 1 amide bonds. The smallest absolute Gasteiger partial charge is 0.256 e. The molecule has 5 heteroatoms. The van der Waals surface area contributed by atoms with Crippen molar-refractivity contribution in [1.29, 1.82) is 0 Å². The third kappa shape index (κ3) is 4.89. The molecule has 0 aromatic heterocycles. The first-order valence-electron chi connectivity index (χ1n) is 11.3. The van der Waals surface area contributed by atoms with Crippen molar-refractivity contribution in [3.63, 3.8) is 0 Å². The first-order chi connectivity index (χ1) is 16.2. The molecule has 0 atom stereocenters. The Labute approximate surface area is 193 Å². The predicted molar refractivity (Wildman–Crippen MR) is 132 cm³/mol. The topological polar surface area (TPSA) is 35.6 Å². The van der Waals surface area contributed by atoms with E-state index in [1.807, 2.05) is 66.7 Å². The van der Waals surface area contributed by atoms with E-state index in [-0.39, 0.29) is 11.7 Å². The van der Waals surface area contributed by atoms with Crippen LogP contribution in [0.4, 0.5) is 15.8 Å². The maximum absolute atomic E-state index is 13.1. The van der Waals surface area contributed by atoms with Crippen molar-refractivity contribution in [3.05, 3.63) is 108 Å². The Morgan fingerprint density at radius 2 is 1.48 bits per heavy atom. The van der Waals surface area contributed by atoms with Crippen LogP contribution in [0.2, 0.25) is 0 Å². The van der Waals surface area contributed by atoms with E-state index in [1.165, 1.54) is 12.1 Å². The number of carbonyl (C=O) groups is 1. The van der Waals surface area contributed by atoms with Gasteiger partial charge in [0.2, 0.25) is 0 Å². The van der Waals surface area contributed by atoms with Gasteiger partial charge in [0.05, 0.1) is 0 Å². The zero-order valence-corrected chi connectivity index (χ0v) is 18.4. The minimum atomic E-state index is -0.194. The Hall–Kier alpha value is -3.70. The number of hydrogen-bond acceptors (Lipinski definition) is 3. The molecular weight excluding hydrogens is 413 g/mol. The Kier molecular flexibility index (Phi) is 6.05. The Morgan fingerprint density at radius 1 is 0.788 bits per heavy atom. The lowest BCUT2D eigenvalue weighted by Gasteiger charge is -2.36. The van der Waals surface area contributed by atoms with Crippen LogP contribution in [-0.4, -0.2) is 37.0 Å². The third-order valence-electron chi connectivity index (χ3n) is 6.22. The normalized spacial score (nSPS) is 14.4. The first kappa shape index (κ1) is 21.2. The van der Waals surface area contributed by atoms with Gasteiger partial charge >= 0.3 is 0 Å². The highest BCUT2D eigenvalue weighted by Crippen LogP contribution is 2.23. The van der Waals surface area contributed by atoms with Crippen LogP contribution in [-0.2, 0) is 6.54 Å². The lowest BCUT2D eigenvalue weighted by Crippen LogP contribution is -2.45. The molecule has 166 valence electrons. The molecule has 4 aromatic carbocycles. The molecule has 0 radical (unpaired) electrons. The molecule has 1 heterocycles. The predicted octanol–water partition coefficient (Wildman–Crippen LogP) is 5.55. The summed E-state index contributed by atoms with van der Waals surface area (Å²) in [7, 11) is 0. The molecule has 0 unspecified atom stereocenters. The monoisotopic (exact) mass is 439 g/mol. The fraction of sp³-hybridized carbons (Fsp3) is 0.179. The number of piperazine rings is 1. The molecule has 0 spiro atoms. The summed E-state index contributed by atoms with van der Waals surface area (Å²) in [5.74, 6) is -0.297. The molecular formula is C28H26FN3O. The average Bonchev–Trinajstić information content (AvgIpc) is 2.86. The minimum absolute atomic E-state index is 0.103. The van der Waals surface area contributed by atoms with Crippen molar-refractivity contribution in [2.75, 3.05) is 36.4 Å². The molecule has 1 fully saturated rings. The van der Waals surface area contributed by atoms with Crippen molar-refractivity contribution in [2.45, 2.75) is 6.54 Å². The quantitative estimate of drug-likeness (QED) is 0.443. The molecule has 1 saturated heterocycles. The lowest BCUT2D eigenvalue weighted by atomic mass is 10.0. The van der Waals surface area contributed by atoms with Gasteiger partial charge in [0.15, 0.2) is 0 Å². The molecule has 1 N–H and O–H groups in total. The summed E-state index contributed by atoms with van der Waals surface area (Å²) in [5.41, 5.74) is 3.75. The van der Waals surface area contributed by atoms with E-state index in [1.54, 1.807) is 0 Å². The second-order valence-electron chi connectivity index (χ2n) is 8.42. The van der Waals surface area contributed by atoms with Crippen LogP contribution in [0.3, 0.4) is 0 Å². The third-order valence-corrected chi connectivity index (χ3v) is 6.22. The number of halogens is 1. The molecule has 4 nitrogen and oxygen atoms in total. The van der Waals surface area contributed by atoms with Crippen molar-refractivity contribution in [1.82, 2.24) is 4.90 Å². The summed E-state index contributed by atoms with van der Waals surface area (Å²) in [4.78, 5) is 17.6. The summed E-state index contributed by atoms with van der Waals surface area (Å²) in [5, 5.41) is 5.03. The van der Waals surface area contributed by atoms with E-state index in [2.05, 4.69) is 27.2 Å². The van der Waals surface area contributed by atoms with E-state index >= 15 is 0 Å². The molecule has 0 aliphatic carbocycles. The van der Waals surface area contributed by atoms with Gasteiger partial charge in [-0.15, -0.1) is 0 Å². The zero-order valence-electron chi connectivity index (χ0n) is 18.4. The number of fused-ring (bicyclic) bond motifs is 1. The number of hydrogen-bond donors (Lipinski definition) is 1. The van der Waals surface area contributed by atoms with Gasteiger partial charge in [-0.1, -0.05) is 48.5 Å². The largest absolute Gasteiger partial charge is 0.369 e. The maximum atomic E-state index is 13.1. The van der Waals surface area contributed by atoms with Gasteiger partial charge in [-0.25, -0.2) is 4.39 Å². The van der Waals surface area contributed by atoms with E-state index in [9.17, 15) is 9.18 Å². The Morgan fingerprint density at radius 3 is 2.24 bits per heavy atom. The summed E-state index contributed by atoms with van der Waals surface area (Å²) >= 11 is 0. The van der Waals surface area contributed by atoms with Gasteiger partial charge in [0.1, 0.15) is 5.82 Å². The molecule has 5 rings (SSSR count). The summed E-state index contributed by atoms with van der Waals surface area (Å²) in [6.45, 7) is 4.62. The van der Waals surface area contributed by atoms with Gasteiger partial charge in [-0.2, -0.15) is 0 Å². The molecule has 1 aliphatic heterocycles. The fourth-order valence-corrected chi connectivity index (χ4v) is 4.39. The molecule has 4 aromatic rings. The van der Waals surface area contributed by atoms with Gasteiger partial charge < -0.3 is 10.2 Å². The van der Waals surface area contributed by atoms with Crippen LogP contribution in [0.25, 0.3) is 10.8 Å². The highest BCUT2D eigenvalue weighted by atomic mass is 19.1. The standard InChI is InChI=1S/C28H26FN3O/c29-23-10-8-21(9-11-23)20-31-16-18-32(19-17-31)25-14-12-24(13-15-25)30-28(33)27-7-3-5-22-4-1-2-6-26(22)27/h1-15H,16-20H2,(H,30,33). The van der Waals surface area contributed by atoms with Gasteiger partial charge in [0, 0.05) is 49.7 Å². The van der Waals surface area contributed by atoms with Crippen LogP contribution >= 0.6 is 0 Å². The van der Waals surface area contributed by atoms with Gasteiger partial charge in [-0.3, -0.25) is 9.69 Å². The van der Waals surface area contributed by atoms with Crippen LogP contribution in [0, 0.1) is 5.82 Å². The van der Waals surface area contributed by atoms with E-state index in [0.717, 1.165) is 60.4 Å². The lowest BCUT2D eigenvalue weighted by molar-refractivity contribution is 0.102. The first-order valence-corrected chi connectivity index (χ1v) is 11.3. The number of carbonyl (C=O) groups excluding carboxylic acids is 1. The average molecular weight is 440 g/mol. The molecule has 1 aliphatic rings. The number of amides is 1. The molecule has 0 saturated carbocycles. The van der Waals surface area contributed by atoms with Crippen molar-refractivity contribution in [2.24, 2.45) is 0 Å². The second kappa shape index (κ2) is 9.43. The second-order valence-corrected chi connectivity index (χ2v) is 8.42. The fourth-order valence-electron chi connectivity index (χ4n) is 4.39. The number of rotatable bonds is 5. The van der Waals surface area contributed by atoms with Gasteiger partial charge in [0.25, 0.3) is 5.91 Å².